The molecule has 2 fully saturated rings. The number of rotatable bonds is 6. The van der Waals surface area contributed by atoms with Gasteiger partial charge in [0, 0.05) is 44.0 Å². The minimum Gasteiger partial charge on any atom is -0.378 e. The van der Waals surface area contributed by atoms with Crippen LogP contribution in [0, 0.1) is 0 Å². The van der Waals surface area contributed by atoms with Gasteiger partial charge in [-0.05, 0) is 48.7 Å². The number of piperidine rings is 1. The van der Waals surface area contributed by atoms with Gasteiger partial charge < -0.3 is 15.0 Å². The molecule has 0 radical (unpaired) electrons. The van der Waals surface area contributed by atoms with Gasteiger partial charge in [-0.1, -0.05) is 30.2 Å². The molecule has 0 bridgehead atoms. The zero-order chi connectivity index (χ0) is 22.6. The zero-order valence-corrected chi connectivity index (χ0v) is 19.5. The highest BCUT2D eigenvalue weighted by molar-refractivity contribution is 7.89. The first-order valence-corrected chi connectivity index (χ1v) is 12.8. The first kappa shape index (κ1) is 23.0. The van der Waals surface area contributed by atoms with Gasteiger partial charge in [0.2, 0.25) is 10.0 Å². The predicted octanol–water partition coefficient (Wildman–Crippen LogP) is 3.28. The Morgan fingerprint density at radius 3 is 2.34 bits per heavy atom. The maximum absolute atomic E-state index is 13.0. The molecule has 1 amide bonds. The van der Waals surface area contributed by atoms with Gasteiger partial charge in [-0.25, -0.2) is 8.42 Å². The van der Waals surface area contributed by atoms with Crippen LogP contribution >= 0.6 is 11.6 Å². The van der Waals surface area contributed by atoms with Crippen LogP contribution in [-0.4, -0.2) is 58.0 Å². The van der Waals surface area contributed by atoms with Gasteiger partial charge in [0.05, 0.1) is 18.2 Å². The lowest BCUT2D eigenvalue weighted by Gasteiger charge is -2.28. The Hall–Kier alpha value is -2.13. The monoisotopic (exact) mass is 477 g/mol. The summed E-state index contributed by atoms with van der Waals surface area (Å²) in [5.41, 5.74) is 2.37. The van der Waals surface area contributed by atoms with Crippen molar-refractivity contribution >= 4 is 33.2 Å². The van der Waals surface area contributed by atoms with E-state index in [0.29, 0.717) is 19.6 Å². The van der Waals surface area contributed by atoms with Gasteiger partial charge in [-0.15, -0.1) is 0 Å². The van der Waals surface area contributed by atoms with Gasteiger partial charge in [-0.2, -0.15) is 4.31 Å². The molecule has 0 atom stereocenters. The number of hydrogen-bond donors (Lipinski definition) is 1. The van der Waals surface area contributed by atoms with E-state index in [1.54, 1.807) is 6.07 Å². The van der Waals surface area contributed by atoms with Crippen molar-refractivity contribution in [1.82, 2.24) is 9.62 Å². The van der Waals surface area contributed by atoms with E-state index >= 15 is 0 Å². The Morgan fingerprint density at radius 2 is 1.66 bits per heavy atom. The number of benzene rings is 2. The molecule has 2 aliphatic heterocycles. The molecule has 1 N–H and O–H groups in total. The predicted molar refractivity (Wildman–Crippen MR) is 125 cm³/mol. The van der Waals surface area contributed by atoms with Crippen molar-refractivity contribution in [3.05, 3.63) is 58.6 Å². The summed E-state index contributed by atoms with van der Waals surface area (Å²) in [6.07, 6.45) is 2.69. The second-order valence-electron chi connectivity index (χ2n) is 8.06. The summed E-state index contributed by atoms with van der Waals surface area (Å²) < 4.78 is 32.9. The number of sulfonamides is 1. The summed E-state index contributed by atoms with van der Waals surface area (Å²) in [6, 6.07) is 12.5. The van der Waals surface area contributed by atoms with Crippen LogP contribution in [0.15, 0.2) is 47.4 Å². The van der Waals surface area contributed by atoms with Crippen molar-refractivity contribution < 1.29 is 17.9 Å². The fraction of sp³-hybridized carbons (Fsp3) is 0.435. The summed E-state index contributed by atoms with van der Waals surface area (Å²) in [7, 11) is -3.72. The molecule has 0 aromatic heterocycles. The molecule has 2 aromatic carbocycles. The number of nitrogens with zero attached hydrogens (tertiary/aromatic N) is 2. The van der Waals surface area contributed by atoms with E-state index in [9.17, 15) is 13.2 Å². The lowest BCUT2D eigenvalue weighted by Crippen LogP contribution is -2.36. The number of anilines is 1. The first-order chi connectivity index (χ1) is 15.4. The van der Waals surface area contributed by atoms with Crippen molar-refractivity contribution in [1.29, 1.82) is 0 Å². The highest BCUT2D eigenvalue weighted by Gasteiger charge is 2.28. The quantitative estimate of drug-likeness (QED) is 0.690. The lowest BCUT2D eigenvalue weighted by atomic mass is 10.1. The average molecular weight is 478 g/mol. The van der Waals surface area contributed by atoms with Crippen molar-refractivity contribution in [2.24, 2.45) is 0 Å². The van der Waals surface area contributed by atoms with Crippen LogP contribution in [0.25, 0.3) is 0 Å². The van der Waals surface area contributed by atoms with E-state index in [1.807, 2.05) is 24.3 Å². The number of hydrogen-bond acceptors (Lipinski definition) is 5. The Bertz CT molecular complexity index is 1050. The molecule has 172 valence electrons. The largest absolute Gasteiger partial charge is 0.378 e. The van der Waals surface area contributed by atoms with Gasteiger partial charge >= 0.3 is 0 Å². The van der Waals surface area contributed by atoms with Crippen molar-refractivity contribution in [3.8, 4) is 0 Å². The molecule has 2 saturated heterocycles. The molecule has 2 aromatic rings. The third kappa shape index (κ3) is 5.26. The first-order valence-electron chi connectivity index (χ1n) is 10.9. The molecular weight excluding hydrogens is 450 g/mol. The SMILES string of the molecule is O=C(NCc1ccc(N2CCOCC2)cc1)c1ccc(Cl)c(S(=O)(=O)N2CCCCC2)c1. The molecule has 0 unspecified atom stereocenters. The summed E-state index contributed by atoms with van der Waals surface area (Å²) in [6.45, 7) is 4.51. The Balaban J connectivity index is 1.42. The number of carbonyl (C=O) groups excluding carboxylic acids is 1. The second kappa shape index (κ2) is 10.2. The van der Waals surface area contributed by atoms with E-state index < -0.39 is 10.0 Å². The topological polar surface area (TPSA) is 79.0 Å². The van der Waals surface area contributed by atoms with E-state index in [4.69, 9.17) is 16.3 Å². The van der Waals surface area contributed by atoms with Crippen LogP contribution in [0.2, 0.25) is 5.02 Å². The minimum absolute atomic E-state index is 0.0106. The molecule has 7 nitrogen and oxygen atoms in total. The summed E-state index contributed by atoms with van der Waals surface area (Å²) in [5.74, 6) is -0.339. The molecule has 4 rings (SSSR count). The fourth-order valence-electron chi connectivity index (χ4n) is 4.02. The lowest BCUT2D eigenvalue weighted by molar-refractivity contribution is 0.0950. The molecule has 32 heavy (non-hydrogen) atoms. The normalized spacial score (nSPS) is 17.8. The maximum Gasteiger partial charge on any atom is 0.251 e. The molecule has 0 saturated carbocycles. The van der Waals surface area contributed by atoms with E-state index in [0.717, 1.165) is 56.8 Å². The number of morpholine rings is 1. The van der Waals surface area contributed by atoms with Crippen molar-refractivity contribution in [2.45, 2.75) is 30.7 Å². The summed E-state index contributed by atoms with van der Waals surface area (Å²) >= 11 is 6.21. The third-order valence-electron chi connectivity index (χ3n) is 5.89. The van der Waals surface area contributed by atoms with Crippen LogP contribution in [0.4, 0.5) is 5.69 Å². The average Bonchev–Trinajstić information content (AvgIpc) is 2.84. The van der Waals surface area contributed by atoms with Gasteiger partial charge in [0.1, 0.15) is 4.90 Å². The molecule has 0 aliphatic carbocycles. The van der Waals surface area contributed by atoms with Crippen LogP contribution in [0.3, 0.4) is 0 Å². The molecule has 9 heteroatoms. The number of carbonyl (C=O) groups is 1. The number of halogens is 1. The molecule has 2 heterocycles. The van der Waals surface area contributed by atoms with Crippen LogP contribution in [0.5, 0.6) is 0 Å². The fourth-order valence-corrected chi connectivity index (χ4v) is 6.03. The van der Waals surface area contributed by atoms with Crippen LogP contribution in [-0.2, 0) is 21.3 Å². The van der Waals surface area contributed by atoms with Crippen LogP contribution < -0.4 is 10.2 Å². The van der Waals surface area contributed by atoms with Gasteiger partial charge in [-0.3, -0.25) is 4.79 Å². The smallest absolute Gasteiger partial charge is 0.251 e. The van der Waals surface area contributed by atoms with Crippen molar-refractivity contribution in [2.75, 3.05) is 44.3 Å². The Morgan fingerprint density at radius 1 is 0.969 bits per heavy atom. The maximum atomic E-state index is 13.0. The third-order valence-corrected chi connectivity index (χ3v) is 8.27. The molecular formula is C23H28ClN3O4S. The van der Waals surface area contributed by atoms with Crippen molar-refractivity contribution in [3.63, 3.8) is 0 Å². The highest BCUT2D eigenvalue weighted by atomic mass is 35.5. The number of ether oxygens (including phenoxy) is 1. The minimum atomic E-state index is -3.72. The molecule has 2 aliphatic rings. The number of nitrogens with one attached hydrogen (secondary N) is 1. The van der Waals surface area contributed by atoms with E-state index in [2.05, 4.69) is 10.2 Å². The molecule has 0 spiro atoms. The Labute approximate surface area is 194 Å². The second-order valence-corrected chi connectivity index (χ2v) is 10.4. The highest BCUT2D eigenvalue weighted by Crippen LogP contribution is 2.28. The Kier molecular flexibility index (Phi) is 7.35. The van der Waals surface area contributed by atoms with E-state index in [-0.39, 0.29) is 21.4 Å². The summed E-state index contributed by atoms with van der Waals surface area (Å²) in [4.78, 5) is 15.0. The van der Waals surface area contributed by atoms with Crippen LogP contribution in [0.1, 0.15) is 35.2 Å². The standard InChI is InChI=1S/C23H28ClN3O4S/c24-21-9-6-19(16-22(21)32(29,30)27-10-2-1-3-11-27)23(28)25-17-18-4-7-20(8-5-18)26-12-14-31-15-13-26/h4-9,16H,1-3,10-15,17H2,(H,25,28). The van der Waals surface area contributed by atoms with Gasteiger partial charge in [0.15, 0.2) is 0 Å². The summed E-state index contributed by atoms with van der Waals surface area (Å²) in [5, 5.41) is 3.00. The van der Waals surface area contributed by atoms with E-state index in [1.165, 1.54) is 16.4 Å². The van der Waals surface area contributed by atoms with Gasteiger partial charge in [0.25, 0.3) is 5.91 Å². The zero-order valence-electron chi connectivity index (χ0n) is 17.9. The number of amides is 1.